The molecule has 5 heteroatoms. The molecule has 0 aromatic carbocycles. The topological polar surface area (TPSA) is 38.8 Å². The maximum Gasteiger partial charge on any atom is 0.218 e. The molecule has 0 N–H and O–H groups in total. The summed E-state index contributed by atoms with van der Waals surface area (Å²) >= 11 is 4.64. The summed E-state index contributed by atoms with van der Waals surface area (Å²) in [7, 11) is 0. The summed E-state index contributed by atoms with van der Waals surface area (Å²) in [5.74, 6) is 0. The summed E-state index contributed by atoms with van der Waals surface area (Å²) < 4.78 is 0. The van der Waals surface area contributed by atoms with Crippen LogP contribution in [0.15, 0.2) is 0 Å². The summed E-state index contributed by atoms with van der Waals surface area (Å²) in [6, 6.07) is 1.30. The highest BCUT2D eigenvalue weighted by Crippen LogP contribution is 2.44. The Balaban J connectivity index is 0.000000144. The first-order valence-electron chi connectivity index (χ1n) is 4.46. The van der Waals surface area contributed by atoms with E-state index >= 15 is 0 Å². The number of hydrogen-bond acceptors (Lipinski definition) is 4. The normalized spacial score (nSPS) is 44.5. The van der Waals surface area contributed by atoms with Gasteiger partial charge < -0.3 is 0 Å². The zero-order valence-electron chi connectivity index (χ0n) is 7.40. The predicted octanol–water partition coefficient (Wildman–Crippen LogP) is 1.24. The van der Waals surface area contributed by atoms with Crippen LogP contribution in [0.4, 0.5) is 0 Å². The number of nitrogens with zero attached hydrogens (tertiary/aromatic N) is 1. The predicted molar refractivity (Wildman–Crippen MR) is 45.8 cm³/mol. The van der Waals surface area contributed by atoms with Gasteiger partial charge in [0.25, 0.3) is 0 Å². The van der Waals surface area contributed by atoms with Crippen molar-refractivity contribution in [3.05, 3.63) is 0 Å². The number of hydroxylamine groups is 2. The van der Waals surface area contributed by atoms with Crippen LogP contribution >= 0.6 is 11.6 Å². The molecule has 1 saturated carbocycles. The van der Waals surface area contributed by atoms with Gasteiger partial charge in [-0.15, -0.1) is 10.1 Å². The van der Waals surface area contributed by atoms with Gasteiger partial charge in [0.1, 0.15) is 6.10 Å². The number of fused-ring (bicyclic) bond motifs is 1. The molecule has 4 aliphatic rings. The van der Waals surface area contributed by atoms with E-state index in [1.807, 2.05) is 5.06 Å². The molecule has 3 aliphatic heterocycles. The lowest BCUT2D eigenvalue weighted by Crippen LogP contribution is -2.58. The number of hydrogen-bond donors (Lipinski definition) is 0. The highest BCUT2D eigenvalue weighted by molar-refractivity contribution is 6.62. The number of rotatable bonds is 0. The minimum Gasteiger partial charge on any atom is -0.282 e. The smallest absolute Gasteiger partial charge is 0.218 e. The van der Waals surface area contributed by atoms with Gasteiger partial charge in [-0.25, -0.2) is 4.89 Å². The van der Waals surface area contributed by atoms with Crippen LogP contribution in [0.2, 0.25) is 0 Å². The van der Waals surface area contributed by atoms with E-state index in [1.165, 1.54) is 26.2 Å². The second kappa shape index (κ2) is 3.53. The third-order valence-electron chi connectivity index (χ3n) is 2.67. The molecule has 13 heavy (non-hydrogen) atoms. The highest BCUT2D eigenvalue weighted by atomic mass is 35.5. The van der Waals surface area contributed by atoms with Gasteiger partial charge in [-0.2, -0.15) is 0 Å². The Bertz CT molecular complexity index is 201. The van der Waals surface area contributed by atoms with Crippen molar-refractivity contribution in [2.24, 2.45) is 0 Å². The Kier molecular flexibility index (Phi) is 2.55. The average molecular weight is 206 g/mol. The van der Waals surface area contributed by atoms with Crippen LogP contribution in [0.1, 0.15) is 26.2 Å². The molecule has 0 aromatic rings. The standard InChI is InChI=1S/C6H9NO2.C2H3ClO/c1-2-6-5-3-4(1)7(5)9-8-6;1-2(3)4/h4-6H,1-3H2;1H3. The molecule has 0 aromatic heterocycles. The average Bonchev–Trinajstić information content (AvgIpc) is 2.22. The minimum absolute atomic E-state index is 0.361. The largest absolute Gasteiger partial charge is 0.282 e. The zero-order valence-corrected chi connectivity index (χ0v) is 8.16. The molecule has 4 nitrogen and oxygen atoms in total. The van der Waals surface area contributed by atoms with E-state index in [0.717, 1.165) is 0 Å². The summed E-state index contributed by atoms with van der Waals surface area (Å²) in [5.41, 5.74) is 0. The maximum absolute atomic E-state index is 9.21. The van der Waals surface area contributed by atoms with E-state index in [0.29, 0.717) is 18.2 Å². The van der Waals surface area contributed by atoms with E-state index in [4.69, 9.17) is 9.88 Å². The fraction of sp³-hybridized carbons (Fsp3) is 0.875. The number of carbonyl (C=O) groups excluding carboxylic acids is 1. The van der Waals surface area contributed by atoms with Crippen molar-refractivity contribution in [1.82, 2.24) is 5.06 Å². The van der Waals surface area contributed by atoms with Gasteiger partial charge in [0, 0.05) is 13.0 Å². The lowest BCUT2D eigenvalue weighted by Gasteiger charge is -2.45. The van der Waals surface area contributed by atoms with Crippen LogP contribution in [-0.2, 0) is 14.7 Å². The Morgan fingerprint density at radius 1 is 1.54 bits per heavy atom. The first-order valence-corrected chi connectivity index (χ1v) is 4.84. The fourth-order valence-electron chi connectivity index (χ4n) is 2.06. The third kappa shape index (κ3) is 1.72. The second-order valence-electron chi connectivity index (χ2n) is 3.57. The van der Waals surface area contributed by atoms with Crippen LogP contribution in [0, 0.1) is 0 Å². The van der Waals surface area contributed by atoms with E-state index in [-0.39, 0.29) is 5.24 Å². The summed E-state index contributed by atoms with van der Waals surface area (Å²) in [4.78, 5) is 19.2. The molecule has 4 bridgehead atoms. The van der Waals surface area contributed by atoms with Crippen molar-refractivity contribution in [2.75, 3.05) is 0 Å². The second-order valence-corrected chi connectivity index (χ2v) is 4.11. The molecular formula is C8H12ClNO3. The Morgan fingerprint density at radius 3 is 2.69 bits per heavy atom. The summed E-state index contributed by atoms with van der Waals surface area (Å²) in [5, 5.41) is 1.65. The van der Waals surface area contributed by atoms with E-state index in [9.17, 15) is 4.79 Å². The first kappa shape index (κ1) is 9.40. The van der Waals surface area contributed by atoms with E-state index in [2.05, 4.69) is 11.6 Å². The Hall–Kier alpha value is -0.160. The third-order valence-corrected chi connectivity index (χ3v) is 2.67. The molecule has 4 rings (SSSR count). The first-order chi connectivity index (χ1) is 6.18. The van der Waals surface area contributed by atoms with Crippen LogP contribution in [0.5, 0.6) is 0 Å². The molecule has 4 atom stereocenters. The molecule has 1 aliphatic carbocycles. The molecule has 0 radical (unpaired) electrons. The van der Waals surface area contributed by atoms with E-state index < -0.39 is 0 Å². The van der Waals surface area contributed by atoms with Crippen molar-refractivity contribution in [1.29, 1.82) is 0 Å². The lowest BCUT2D eigenvalue weighted by molar-refractivity contribution is -0.399. The van der Waals surface area contributed by atoms with Crippen molar-refractivity contribution >= 4 is 16.8 Å². The summed E-state index contributed by atoms with van der Waals surface area (Å²) in [6.45, 7) is 1.29. The molecule has 74 valence electrons. The molecule has 0 spiro atoms. The molecule has 3 saturated heterocycles. The molecule has 3 heterocycles. The lowest BCUT2D eigenvalue weighted by atomic mass is 9.80. The molecular weight excluding hydrogens is 194 g/mol. The van der Waals surface area contributed by atoms with Crippen molar-refractivity contribution in [2.45, 2.75) is 44.4 Å². The zero-order chi connectivity index (χ0) is 9.42. The Labute approximate surface area is 81.6 Å². The number of halogens is 1. The minimum atomic E-state index is -0.361. The van der Waals surface area contributed by atoms with E-state index in [1.54, 1.807) is 0 Å². The fourth-order valence-corrected chi connectivity index (χ4v) is 2.06. The number of carbonyl (C=O) groups is 1. The molecule has 4 unspecified atom stereocenters. The van der Waals surface area contributed by atoms with Gasteiger partial charge in [0.2, 0.25) is 5.24 Å². The van der Waals surface area contributed by atoms with Crippen LogP contribution in [0.25, 0.3) is 0 Å². The van der Waals surface area contributed by atoms with Crippen LogP contribution in [-0.4, -0.2) is 28.5 Å². The van der Waals surface area contributed by atoms with Crippen LogP contribution < -0.4 is 0 Å². The summed E-state index contributed by atoms with van der Waals surface area (Å²) in [6.07, 6.45) is 4.16. The highest BCUT2D eigenvalue weighted by Gasteiger charge is 2.54. The van der Waals surface area contributed by atoms with Crippen LogP contribution in [0.3, 0.4) is 0 Å². The van der Waals surface area contributed by atoms with Gasteiger partial charge in [-0.1, -0.05) is 0 Å². The van der Waals surface area contributed by atoms with Crippen molar-refractivity contribution in [3.8, 4) is 0 Å². The van der Waals surface area contributed by atoms with Crippen molar-refractivity contribution < 1.29 is 14.7 Å². The maximum atomic E-state index is 9.21. The van der Waals surface area contributed by atoms with Gasteiger partial charge >= 0.3 is 0 Å². The quantitative estimate of drug-likeness (QED) is 0.441. The van der Waals surface area contributed by atoms with Gasteiger partial charge in [-0.05, 0) is 30.9 Å². The SMILES string of the molecule is C1CC2CC3C1OON23.CC(=O)Cl. The van der Waals surface area contributed by atoms with Gasteiger partial charge in [0.05, 0.1) is 6.04 Å². The Morgan fingerprint density at radius 2 is 2.23 bits per heavy atom. The van der Waals surface area contributed by atoms with Gasteiger partial charge in [0.15, 0.2) is 0 Å². The van der Waals surface area contributed by atoms with Gasteiger partial charge in [-0.3, -0.25) is 4.79 Å². The molecule has 4 fully saturated rings. The monoisotopic (exact) mass is 205 g/mol. The number of piperidine rings is 1. The van der Waals surface area contributed by atoms with Crippen molar-refractivity contribution in [3.63, 3.8) is 0 Å². The molecule has 0 amide bonds.